The van der Waals surface area contributed by atoms with Crippen LogP contribution in [0, 0.1) is 0 Å². The number of fused-ring (bicyclic) bond motifs is 1. The Labute approximate surface area is 124 Å². The number of halogens is 3. The van der Waals surface area contributed by atoms with Gasteiger partial charge in [-0.3, -0.25) is 0 Å². The molecule has 22 heavy (non-hydrogen) atoms. The highest BCUT2D eigenvalue weighted by Crippen LogP contribution is 2.44. The van der Waals surface area contributed by atoms with E-state index in [0.29, 0.717) is 5.56 Å². The van der Waals surface area contributed by atoms with E-state index in [1.54, 1.807) is 0 Å². The molecule has 2 aromatic rings. The molecule has 1 aliphatic heterocycles. The average Bonchev–Trinajstić information content (AvgIpc) is 2.47. The van der Waals surface area contributed by atoms with Gasteiger partial charge < -0.3 is 14.9 Å². The van der Waals surface area contributed by atoms with Gasteiger partial charge in [0.15, 0.2) is 0 Å². The molecule has 0 aromatic heterocycles. The van der Waals surface area contributed by atoms with Crippen LogP contribution in [0.5, 0.6) is 11.5 Å². The monoisotopic (exact) mass is 310 g/mol. The van der Waals surface area contributed by atoms with Crippen molar-refractivity contribution in [2.75, 3.05) is 0 Å². The van der Waals surface area contributed by atoms with E-state index in [4.69, 9.17) is 4.74 Å². The van der Waals surface area contributed by atoms with E-state index in [1.807, 2.05) is 0 Å². The summed E-state index contributed by atoms with van der Waals surface area (Å²) < 4.78 is 44.9. The molecule has 0 radical (unpaired) electrons. The molecule has 116 valence electrons. The minimum absolute atomic E-state index is 0.00669. The summed E-state index contributed by atoms with van der Waals surface area (Å²) in [6, 6.07) is 9.33. The summed E-state index contributed by atoms with van der Waals surface area (Å²) in [5.41, 5.74) is -0.400. The molecule has 3 nitrogen and oxygen atoms in total. The molecule has 6 heteroatoms. The van der Waals surface area contributed by atoms with E-state index < -0.39 is 23.9 Å². The van der Waals surface area contributed by atoms with Crippen LogP contribution in [-0.4, -0.2) is 10.2 Å². The highest BCUT2D eigenvalue weighted by molar-refractivity contribution is 5.44. The number of ether oxygens (including phenoxy) is 1. The lowest BCUT2D eigenvalue weighted by Gasteiger charge is -2.31. The topological polar surface area (TPSA) is 49.7 Å². The Morgan fingerprint density at radius 3 is 2.50 bits per heavy atom. The average molecular weight is 310 g/mol. The van der Waals surface area contributed by atoms with Crippen molar-refractivity contribution in [2.24, 2.45) is 0 Å². The molecular formula is C16H13F3O3. The zero-order valence-corrected chi connectivity index (χ0v) is 11.3. The largest absolute Gasteiger partial charge is 0.508 e. The molecule has 1 aliphatic rings. The molecule has 0 aliphatic carbocycles. The van der Waals surface area contributed by atoms with Crippen molar-refractivity contribution in [1.29, 1.82) is 0 Å². The number of aliphatic hydroxyl groups is 1. The van der Waals surface area contributed by atoms with Gasteiger partial charge in [-0.1, -0.05) is 18.2 Å². The van der Waals surface area contributed by atoms with Crippen molar-refractivity contribution >= 4 is 0 Å². The highest BCUT2D eigenvalue weighted by Gasteiger charge is 2.37. The minimum atomic E-state index is -4.49. The minimum Gasteiger partial charge on any atom is -0.508 e. The van der Waals surface area contributed by atoms with Crippen molar-refractivity contribution in [3.63, 3.8) is 0 Å². The van der Waals surface area contributed by atoms with Gasteiger partial charge in [-0.05, 0) is 24.3 Å². The molecule has 1 heterocycles. The van der Waals surface area contributed by atoms with Crippen LogP contribution in [-0.2, 0) is 6.18 Å². The number of hydrogen-bond donors (Lipinski definition) is 2. The summed E-state index contributed by atoms with van der Waals surface area (Å²) in [6.45, 7) is 0. The first-order valence-electron chi connectivity index (χ1n) is 6.70. The third-order valence-corrected chi connectivity index (χ3v) is 3.67. The van der Waals surface area contributed by atoms with Gasteiger partial charge in [0.1, 0.15) is 17.6 Å². The molecule has 0 bridgehead atoms. The van der Waals surface area contributed by atoms with Crippen LogP contribution in [0.15, 0.2) is 42.5 Å². The fourth-order valence-corrected chi connectivity index (χ4v) is 2.66. The summed E-state index contributed by atoms with van der Waals surface area (Å²) in [5.74, 6) is 0.245. The summed E-state index contributed by atoms with van der Waals surface area (Å²) in [4.78, 5) is 0. The Balaban J connectivity index is 2.01. The zero-order valence-electron chi connectivity index (χ0n) is 11.3. The van der Waals surface area contributed by atoms with Gasteiger partial charge in [0, 0.05) is 17.5 Å². The lowest BCUT2D eigenvalue weighted by atomic mass is 9.92. The van der Waals surface area contributed by atoms with Crippen LogP contribution >= 0.6 is 0 Å². The van der Waals surface area contributed by atoms with Crippen LogP contribution in [0.2, 0.25) is 0 Å². The van der Waals surface area contributed by atoms with Crippen LogP contribution in [0.25, 0.3) is 0 Å². The third kappa shape index (κ3) is 2.62. The van der Waals surface area contributed by atoms with Crippen molar-refractivity contribution < 1.29 is 28.1 Å². The van der Waals surface area contributed by atoms with Gasteiger partial charge >= 0.3 is 6.18 Å². The number of phenolic OH excluding ortho intramolecular Hbond substituents is 1. The van der Waals surface area contributed by atoms with Crippen molar-refractivity contribution in [3.8, 4) is 11.5 Å². The zero-order chi connectivity index (χ0) is 15.9. The quantitative estimate of drug-likeness (QED) is 0.838. The van der Waals surface area contributed by atoms with E-state index in [0.717, 1.165) is 6.07 Å². The number of benzene rings is 2. The molecule has 2 unspecified atom stereocenters. The first-order valence-corrected chi connectivity index (χ1v) is 6.70. The molecule has 0 spiro atoms. The molecule has 2 atom stereocenters. The number of hydrogen-bond acceptors (Lipinski definition) is 3. The second-order valence-electron chi connectivity index (χ2n) is 5.17. The van der Waals surface area contributed by atoms with Crippen molar-refractivity contribution in [3.05, 3.63) is 59.2 Å². The van der Waals surface area contributed by atoms with Crippen LogP contribution in [0.4, 0.5) is 13.2 Å². The fourth-order valence-electron chi connectivity index (χ4n) is 2.66. The Hall–Kier alpha value is -2.21. The first-order chi connectivity index (χ1) is 10.4. The predicted molar refractivity (Wildman–Crippen MR) is 72.5 cm³/mol. The highest BCUT2D eigenvalue weighted by atomic mass is 19.4. The van der Waals surface area contributed by atoms with E-state index in [9.17, 15) is 23.4 Å². The van der Waals surface area contributed by atoms with Crippen molar-refractivity contribution in [2.45, 2.75) is 24.8 Å². The van der Waals surface area contributed by atoms with Crippen molar-refractivity contribution in [1.82, 2.24) is 0 Å². The van der Waals surface area contributed by atoms with E-state index in [-0.39, 0.29) is 23.5 Å². The molecule has 0 fully saturated rings. The lowest BCUT2D eigenvalue weighted by molar-refractivity contribution is -0.139. The van der Waals surface area contributed by atoms with E-state index in [1.165, 1.54) is 36.4 Å². The van der Waals surface area contributed by atoms with Crippen LogP contribution in [0.1, 0.15) is 35.3 Å². The van der Waals surface area contributed by atoms with Gasteiger partial charge in [-0.2, -0.15) is 13.2 Å². The Morgan fingerprint density at radius 2 is 1.77 bits per heavy atom. The molecule has 0 amide bonds. The van der Waals surface area contributed by atoms with Gasteiger partial charge in [0.05, 0.1) is 11.7 Å². The SMILES string of the molecule is Oc1ccc2c(c1)C(O)CC(c1ccccc1C(F)(F)F)O2. The van der Waals surface area contributed by atoms with Gasteiger partial charge in [0.25, 0.3) is 0 Å². The van der Waals surface area contributed by atoms with Crippen LogP contribution < -0.4 is 4.74 Å². The maximum absolute atomic E-state index is 13.1. The molecule has 0 saturated heterocycles. The second kappa shape index (κ2) is 5.21. The van der Waals surface area contributed by atoms with E-state index in [2.05, 4.69) is 0 Å². The summed E-state index contributed by atoms with van der Waals surface area (Å²) in [6.07, 6.45) is -6.39. The summed E-state index contributed by atoms with van der Waals surface area (Å²) in [5, 5.41) is 19.6. The predicted octanol–water partition coefficient (Wildman–Crippen LogP) is 3.97. The standard InChI is InChI=1S/C16H13F3O3/c17-16(18,19)12-4-2-1-3-10(12)15-8-13(21)11-7-9(20)5-6-14(11)22-15/h1-7,13,15,20-21H,8H2. The number of phenols is 1. The molecule has 2 aromatic carbocycles. The number of alkyl halides is 3. The Bertz CT molecular complexity index is 697. The fraction of sp³-hybridized carbons (Fsp3) is 0.250. The van der Waals surface area contributed by atoms with Crippen LogP contribution in [0.3, 0.4) is 0 Å². The number of aliphatic hydroxyl groups excluding tert-OH is 1. The Morgan fingerprint density at radius 1 is 1.05 bits per heavy atom. The molecule has 0 saturated carbocycles. The summed E-state index contributed by atoms with van der Waals surface area (Å²) >= 11 is 0. The van der Waals surface area contributed by atoms with Gasteiger partial charge in [-0.25, -0.2) is 0 Å². The molecular weight excluding hydrogens is 297 g/mol. The summed E-state index contributed by atoms with van der Waals surface area (Å²) in [7, 11) is 0. The second-order valence-corrected chi connectivity index (χ2v) is 5.17. The smallest absolute Gasteiger partial charge is 0.416 e. The maximum atomic E-state index is 13.1. The number of rotatable bonds is 1. The normalized spacial score (nSPS) is 21.1. The maximum Gasteiger partial charge on any atom is 0.416 e. The third-order valence-electron chi connectivity index (χ3n) is 3.67. The van der Waals surface area contributed by atoms with E-state index >= 15 is 0 Å². The first kappa shape index (κ1) is 14.7. The Kier molecular flexibility index (Phi) is 3.48. The van der Waals surface area contributed by atoms with Gasteiger partial charge in [0.2, 0.25) is 0 Å². The molecule has 3 rings (SSSR count). The lowest BCUT2D eigenvalue weighted by Crippen LogP contribution is -2.22. The van der Waals surface area contributed by atoms with Gasteiger partial charge in [-0.15, -0.1) is 0 Å². The number of aromatic hydroxyl groups is 1. The molecule has 2 N–H and O–H groups in total.